The number of fused-ring (bicyclic) bond motifs is 3. The van der Waals surface area contributed by atoms with Gasteiger partial charge in [-0.3, -0.25) is 14.4 Å². The molecule has 0 saturated heterocycles. The van der Waals surface area contributed by atoms with Gasteiger partial charge in [0.1, 0.15) is 5.75 Å². The number of carbonyl (C=O) groups excluding carboxylic acids is 3. The van der Waals surface area contributed by atoms with E-state index in [2.05, 4.69) is 5.32 Å². The van der Waals surface area contributed by atoms with Gasteiger partial charge in [-0.25, -0.2) is 0 Å². The van der Waals surface area contributed by atoms with Gasteiger partial charge in [0, 0.05) is 40.2 Å². The lowest BCUT2D eigenvalue weighted by molar-refractivity contribution is 0.0974. The Labute approximate surface area is 231 Å². The van der Waals surface area contributed by atoms with Crippen LogP contribution in [0.3, 0.4) is 0 Å². The fourth-order valence-electron chi connectivity index (χ4n) is 4.93. The van der Waals surface area contributed by atoms with Crippen LogP contribution in [0.2, 0.25) is 0 Å². The minimum Gasteiger partial charge on any atom is -0.497 e. The van der Waals surface area contributed by atoms with Crippen molar-refractivity contribution in [3.8, 4) is 16.2 Å². The van der Waals surface area contributed by atoms with Gasteiger partial charge in [-0.1, -0.05) is 18.2 Å². The number of rotatable bonds is 7. The quantitative estimate of drug-likeness (QED) is 0.262. The number of ketones is 1. The summed E-state index contributed by atoms with van der Waals surface area (Å²) in [4.78, 5) is 42.8. The van der Waals surface area contributed by atoms with Crippen molar-refractivity contribution in [3.05, 3.63) is 100 Å². The lowest BCUT2D eigenvalue weighted by Crippen LogP contribution is -2.32. The zero-order valence-electron chi connectivity index (χ0n) is 21.6. The molecule has 0 radical (unpaired) electrons. The molecular formula is C32H28N2O4S. The van der Waals surface area contributed by atoms with Crippen molar-refractivity contribution in [1.82, 2.24) is 0 Å². The van der Waals surface area contributed by atoms with E-state index < -0.39 is 0 Å². The third-order valence-corrected chi connectivity index (χ3v) is 8.54. The van der Waals surface area contributed by atoms with Gasteiger partial charge < -0.3 is 15.0 Å². The van der Waals surface area contributed by atoms with E-state index >= 15 is 0 Å². The zero-order chi connectivity index (χ0) is 26.9. The van der Waals surface area contributed by atoms with Crippen LogP contribution in [-0.2, 0) is 6.42 Å². The molecule has 2 amide bonds. The second-order valence-electron chi connectivity index (χ2n) is 10.0. The smallest absolute Gasteiger partial charge is 0.258 e. The molecule has 7 heteroatoms. The Kier molecular flexibility index (Phi) is 6.75. The first-order valence-electron chi connectivity index (χ1n) is 13.1. The monoisotopic (exact) mass is 536 g/mol. The molecule has 39 heavy (non-hydrogen) atoms. The van der Waals surface area contributed by atoms with Gasteiger partial charge in [0.15, 0.2) is 5.78 Å². The number of hydrogen-bond acceptors (Lipinski definition) is 5. The summed E-state index contributed by atoms with van der Waals surface area (Å²) in [7, 11) is 1.58. The summed E-state index contributed by atoms with van der Waals surface area (Å²) < 4.78 is 5.14. The molecule has 1 saturated carbocycles. The van der Waals surface area contributed by atoms with Crippen molar-refractivity contribution in [2.24, 2.45) is 5.92 Å². The molecule has 0 atom stereocenters. The Hall–Kier alpha value is -4.23. The largest absolute Gasteiger partial charge is 0.497 e. The average molecular weight is 537 g/mol. The number of Topliss-reactive ketones (excluding diaryl/α,β-unsaturated/α-hetero) is 1. The molecule has 0 bridgehead atoms. The highest BCUT2D eigenvalue weighted by Crippen LogP contribution is 2.43. The zero-order valence-corrected chi connectivity index (χ0v) is 22.4. The maximum atomic E-state index is 13.7. The minimum absolute atomic E-state index is 0.101. The number of nitrogens with zero attached hydrogens (tertiary/aromatic N) is 1. The molecule has 0 spiro atoms. The third-order valence-electron chi connectivity index (χ3n) is 7.29. The summed E-state index contributed by atoms with van der Waals surface area (Å²) in [5.41, 5.74) is 4.62. The standard InChI is InChI=1S/C32H28N2O4S/c1-38-25-14-10-21(11-15-25)31(36)33-24-12-8-22(9-13-24)32(37)34-17-16-23-19-29(28(35)18-20-6-7-20)39-30(23)26-4-2-3-5-27(26)34/h2-5,8-15,19-20H,6-7,16-18H2,1H3,(H,33,36). The lowest BCUT2D eigenvalue weighted by atomic mass is 10.1. The molecule has 196 valence electrons. The summed E-state index contributed by atoms with van der Waals surface area (Å²) in [6, 6.07) is 23.8. The van der Waals surface area contributed by atoms with Crippen LogP contribution in [0.15, 0.2) is 78.9 Å². The topological polar surface area (TPSA) is 75.7 Å². The predicted octanol–water partition coefficient (Wildman–Crippen LogP) is 6.86. The number of methoxy groups -OCH3 is 1. The van der Waals surface area contributed by atoms with Crippen molar-refractivity contribution in [2.45, 2.75) is 25.7 Å². The molecule has 1 aromatic heterocycles. The first-order chi connectivity index (χ1) is 19.0. The number of hydrogen-bond donors (Lipinski definition) is 1. The van der Waals surface area contributed by atoms with E-state index in [4.69, 9.17) is 4.74 Å². The molecule has 2 aliphatic rings. The summed E-state index contributed by atoms with van der Waals surface area (Å²) in [5.74, 6) is 1.14. The lowest BCUT2D eigenvalue weighted by Gasteiger charge is -2.23. The van der Waals surface area contributed by atoms with Gasteiger partial charge in [-0.05, 0) is 91.4 Å². The van der Waals surface area contributed by atoms with E-state index in [1.807, 2.05) is 35.2 Å². The van der Waals surface area contributed by atoms with Gasteiger partial charge in [-0.2, -0.15) is 0 Å². The predicted molar refractivity (Wildman–Crippen MR) is 154 cm³/mol. The average Bonchev–Trinajstić information content (AvgIpc) is 3.71. The van der Waals surface area contributed by atoms with E-state index in [1.165, 1.54) is 0 Å². The van der Waals surface area contributed by atoms with Crippen LogP contribution >= 0.6 is 11.3 Å². The van der Waals surface area contributed by atoms with Crippen molar-refractivity contribution >= 4 is 40.3 Å². The molecule has 1 fully saturated rings. The number of nitrogens with one attached hydrogen (secondary N) is 1. The number of para-hydroxylation sites is 1. The van der Waals surface area contributed by atoms with E-state index in [0.717, 1.165) is 39.4 Å². The minimum atomic E-state index is -0.237. The number of thiophene rings is 1. The first-order valence-corrected chi connectivity index (χ1v) is 13.9. The van der Waals surface area contributed by atoms with Crippen LogP contribution < -0.4 is 15.0 Å². The Balaban J connectivity index is 1.20. The maximum Gasteiger partial charge on any atom is 0.258 e. The molecule has 0 unspecified atom stereocenters. The fourth-order valence-corrected chi connectivity index (χ4v) is 6.12. The Morgan fingerprint density at radius 1 is 0.949 bits per heavy atom. The number of ether oxygens (including phenoxy) is 1. The summed E-state index contributed by atoms with van der Waals surface area (Å²) in [5, 5.41) is 2.87. The van der Waals surface area contributed by atoms with Crippen molar-refractivity contribution in [3.63, 3.8) is 0 Å². The molecular weight excluding hydrogens is 508 g/mol. The van der Waals surface area contributed by atoms with Gasteiger partial charge in [-0.15, -0.1) is 11.3 Å². The summed E-state index contributed by atoms with van der Waals surface area (Å²) >= 11 is 1.55. The molecule has 6 rings (SSSR count). The van der Waals surface area contributed by atoms with Crippen LogP contribution in [0.1, 0.15) is 55.2 Å². The molecule has 2 heterocycles. The number of carbonyl (C=O) groups is 3. The normalized spacial score (nSPS) is 14.1. The van der Waals surface area contributed by atoms with Gasteiger partial charge in [0.2, 0.25) is 0 Å². The van der Waals surface area contributed by atoms with Crippen molar-refractivity contribution in [2.75, 3.05) is 23.9 Å². The molecule has 6 nitrogen and oxygen atoms in total. The van der Waals surface area contributed by atoms with Crippen LogP contribution in [0.5, 0.6) is 5.75 Å². The first kappa shape index (κ1) is 25.1. The maximum absolute atomic E-state index is 13.7. The molecule has 1 N–H and O–H groups in total. The number of benzene rings is 3. The van der Waals surface area contributed by atoms with E-state index in [9.17, 15) is 14.4 Å². The highest BCUT2D eigenvalue weighted by atomic mass is 32.1. The van der Waals surface area contributed by atoms with E-state index in [-0.39, 0.29) is 17.6 Å². The van der Waals surface area contributed by atoms with Gasteiger partial charge >= 0.3 is 0 Å². The van der Waals surface area contributed by atoms with Crippen molar-refractivity contribution < 1.29 is 19.1 Å². The Morgan fingerprint density at radius 3 is 2.38 bits per heavy atom. The molecule has 1 aliphatic heterocycles. The van der Waals surface area contributed by atoms with Crippen molar-refractivity contribution in [1.29, 1.82) is 0 Å². The fraction of sp³-hybridized carbons (Fsp3) is 0.219. The Morgan fingerprint density at radius 2 is 1.67 bits per heavy atom. The third kappa shape index (κ3) is 5.22. The van der Waals surface area contributed by atoms with Crippen LogP contribution in [-0.4, -0.2) is 31.3 Å². The number of amides is 2. The van der Waals surface area contributed by atoms with Crippen LogP contribution in [0.4, 0.5) is 11.4 Å². The SMILES string of the molecule is COc1ccc(C(=O)Nc2ccc(C(=O)N3CCc4cc(C(=O)CC5CC5)sc4-c4ccccc43)cc2)cc1. The van der Waals surface area contributed by atoms with Crippen LogP contribution in [0.25, 0.3) is 10.4 Å². The van der Waals surface area contributed by atoms with E-state index in [1.54, 1.807) is 67.0 Å². The highest BCUT2D eigenvalue weighted by Gasteiger charge is 2.29. The highest BCUT2D eigenvalue weighted by molar-refractivity contribution is 7.17. The second kappa shape index (κ2) is 10.5. The molecule has 3 aromatic carbocycles. The van der Waals surface area contributed by atoms with Gasteiger partial charge in [0.25, 0.3) is 11.8 Å². The summed E-state index contributed by atoms with van der Waals surface area (Å²) in [6.07, 6.45) is 3.64. The van der Waals surface area contributed by atoms with Crippen LogP contribution in [0, 0.1) is 5.92 Å². The molecule has 4 aromatic rings. The van der Waals surface area contributed by atoms with E-state index in [0.29, 0.717) is 47.9 Å². The second-order valence-corrected chi connectivity index (χ2v) is 11.1. The Bertz CT molecular complexity index is 1550. The summed E-state index contributed by atoms with van der Waals surface area (Å²) in [6.45, 7) is 0.520. The van der Waals surface area contributed by atoms with Gasteiger partial charge in [0.05, 0.1) is 17.7 Å². The number of anilines is 2. The molecule has 1 aliphatic carbocycles.